The van der Waals surface area contributed by atoms with E-state index in [1.54, 1.807) is 0 Å². The maximum atomic E-state index is 6.36. The molecule has 0 aliphatic heterocycles. The Kier molecular flexibility index (Phi) is 5.63. The average Bonchev–Trinajstić information content (AvgIpc) is 3.76. The topological polar surface area (TPSA) is 52.1 Å². The van der Waals surface area contributed by atoms with Crippen LogP contribution in [-0.4, -0.2) is 9.97 Å². The zero-order valence-electron chi connectivity index (χ0n) is 26.7. The zero-order valence-corrected chi connectivity index (χ0v) is 26.7. The Morgan fingerprint density at radius 3 is 1.62 bits per heavy atom. The Morgan fingerprint density at radius 1 is 0.320 bits per heavy atom. The number of furan rings is 2. The Bertz CT molecular complexity index is 3150. The number of fused-ring (bicyclic) bond motifs is 12. The van der Waals surface area contributed by atoms with Gasteiger partial charge >= 0.3 is 0 Å². The quantitative estimate of drug-likeness (QED) is 0.181. The Morgan fingerprint density at radius 2 is 0.840 bits per heavy atom. The van der Waals surface area contributed by atoms with Crippen LogP contribution >= 0.6 is 0 Å². The molecular formula is C46H26N2O2. The first-order valence-electron chi connectivity index (χ1n) is 16.8. The molecule has 4 heteroatoms. The Balaban J connectivity index is 1.14. The van der Waals surface area contributed by atoms with Crippen molar-refractivity contribution in [2.24, 2.45) is 0 Å². The molecule has 0 bridgehead atoms. The Hall–Kier alpha value is -6.78. The van der Waals surface area contributed by atoms with Crippen molar-refractivity contribution in [2.75, 3.05) is 0 Å². The molecule has 0 aliphatic carbocycles. The first-order chi connectivity index (χ1) is 24.8. The summed E-state index contributed by atoms with van der Waals surface area (Å²) in [5.74, 6) is 0.670. The highest BCUT2D eigenvalue weighted by Crippen LogP contribution is 2.41. The fourth-order valence-electron chi connectivity index (χ4n) is 7.69. The lowest BCUT2D eigenvalue weighted by atomic mass is 9.91. The second-order valence-electron chi connectivity index (χ2n) is 12.9. The molecule has 11 aromatic rings. The molecule has 232 valence electrons. The van der Waals surface area contributed by atoms with Crippen LogP contribution in [0.2, 0.25) is 0 Å². The normalized spacial score (nSPS) is 12.0. The van der Waals surface area contributed by atoms with Crippen LogP contribution in [0.4, 0.5) is 0 Å². The predicted octanol–water partition coefficient (Wildman–Crippen LogP) is 12.7. The fraction of sp³-hybridized carbons (Fsp3) is 0. The van der Waals surface area contributed by atoms with E-state index in [0.717, 1.165) is 60.8 Å². The number of hydrogen-bond donors (Lipinski definition) is 0. The van der Waals surface area contributed by atoms with E-state index in [1.807, 2.05) is 48.5 Å². The molecule has 11 rings (SSSR count). The van der Waals surface area contributed by atoms with Gasteiger partial charge in [-0.2, -0.15) is 0 Å². The maximum Gasteiger partial charge on any atom is 0.180 e. The molecule has 0 fully saturated rings. The third-order valence-electron chi connectivity index (χ3n) is 10.1. The minimum atomic E-state index is 0.670. The number of hydrogen-bond acceptors (Lipinski definition) is 4. The average molecular weight is 639 g/mol. The van der Waals surface area contributed by atoms with Gasteiger partial charge in [0.15, 0.2) is 11.4 Å². The van der Waals surface area contributed by atoms with Gasteiger partial charge in [0.05, 0.1) is 0 Å². The van der Waals surface area contributed by atoms with Crippen LogP contribution < -0.4 is 0 Å². The molecule has 0 saturated carbocycles. The molecule has 3 aromatic heterocycles. The lowest BCUT2D eigenvalue weighted by molar-refractivity contribution is 0.667. The van der Waals surface area contributed by atoms with Crippen LogP contribution in [0.1, 0.15) is 0 Å². The lowest BCUT2D eigenvalue weighted by Crippen LogP contribution is -1.94. The fourth-order valence-corrected chi connectivity index (χ4v) is 7.69. The smallest absolute Gasteiger partial charge is 0.180 e. The highest BCUT2D eigenvalue weighted by molar-refractivity contribution is 6.26. The molecule has 0 unspecified atom stereocenters. The molecule has 0 atom stereocenters. The summed E-state index contributed by atoms with van der Waals surface area (Å²) in [7, 11) is 0. The van der Waals surface area contributed by atoms with Gasteiger partial charge in [-0.15, -0.1) is 0 Å². The highest BCUT2D eigenvalue weighted by atomic mass is 16.3. The van der Waals surface area contributed by atoms with Gasteiger partial charge in [-0.05, 0) is 85.9 Å². The zero-order chi connectivity index (χ0) is 32.8. The van der Waals surface area contributed by atoms with Gasteiger partial charge < -0.3 is 8.83 Å². The van der Waals surface area contributed by atoms with Crippen molar-refractivity contribution in [1.29, 1.82) is 0 Å². The molecule has 3 heterocycles. The van der Waals surface area contributed by atoms with E-state index >= 15 is 0 Å². The molecule has 0 amide bonds. The highest BCUT2D eigenvalue weighted by Gasteiger charge is 2.19. The molecule has 50 heavy (non-hydrogen) atoms. The van der Waals surface area contributed by atoms with E-state index < -0.39 is 0 Å². The minimum absolute atomic E-state index is 0.670. The van der Waals surface area contributed by atoms with Crippen molar-refractivity contribution in [2.45, 2.75) is 0 Å². The summed E-state index contributed by atoms with van der Waals surface area (Å²) in [5, 5.41) is 10.5. The summed E-state index contributed by atoms with van der Waals surface area (Å²) >= 11 is 0. The van der Waals surface area contributed by atoms with Crippen molar-refractivity contribution in [3.63, 3.8) is 0 Å². The third kappa shape index (κ3) is 3.99. The largest absolute Gasteiger partial charge is 0.456 e. The van der Waals surface area contributed by atoms with Crippen LogP contribution in [-0.2, 0) is 0 Å². The van der Waals surface area contributed by atoms with E-state index in [9.17, 15) is 0 Å². The summed E-state index contributed by atoms with van der Waals surface area (Å²) in [4.78, 5) is 10.3. The van der Waals surface area contributed by atoms with Crippen molar-refractivity contribution in [3.05, 3.63) is 158 Å². The van der Waals surface area contributed by atoms with Crippen molar-refractivity contribution in [3.8, 4) is 33.8 Å². The number of aromatic nitrogens is 2. The van der Waals surface area contributed by atoms with Crippen molar-refractivity contribution in [1.82, 2.24) is 9.97 Å². The maximum absolute atomic E-state index is 6.36. The van der Waals surface area contributed by atoms with Crippen LogP contribution in [0.5, 0.6) is 0 Å². The summed E-state index contributed by atoms with van der Waals surface area (Å²) in [5.41, 5.74) is 9.20. The summed E-state index contributed by atoms with van der Waals surface area (Å²) in [6.07, 6.45) is 0. The SMILES string of the molecule is c1ccc(-c2nc(-c3ccc4c5ccccc5c5cc(-c6ccc7oc8ccccc8c7c6)ccc5c4c3)nc3c2oc2ccccc23)cc1. The van der Waals surface area contributed by atoms with Crippen molar-refractivity contribution >= 4 is 76.3 Å². The van der Waals surface area contributed by atoms with Crippen LogP contribution in [0.3, 0.4) is 0 Å². The number of para-hydroxylation sites is 2. The first-order valence-corrected chi connectivity index (χ1v) is 16.8. The Labute approximate surface area is 285 Å². The molecular weight excluding hydrogens is 613 g/mol. The van der Waals surface area contributed by atoms with E-state index in [2.05, 4.69) is 109 Å². The van der Waals surface area contributed by atoms with E-state index in [1.165, 1.54) is 37.9 Å². The molecule has 0 spiro atoms. The molecule has 4 nitrogen and oxygen atoms in total. The molecule has 0 saturated heterocycles. The molecule has 0 aliphatic rings. The summed E-state index contributed by atoms with van der Waals surface area (Å²) in [6, 6.07) is 55.2. The van der Waals surface area contributed by atoms with E-state index in [-0.39, 0.29) is 0 Å². The van der Waals surface area contributed by atoms with E-state index in [0.29, 0.717) is 11.4 Å². The second-order valence-corrected chi connectivity index (χ2v) is 12.9. The monoisotopic (exact) mass is 638 g/mol. The molecule has 8 aromatic carbocycles. The van der Waals surface area contributed by atoms with Gasteiger partial charge in [-0.3, -0.25) is 0 Å². The minimum Gasteiger partial charge on any atom is -0.456 e. The van der Waals surface area contributed by atoms with Crippen molar-refractivity contribution < 1.29 is 8.83 Å². The van der Waals surface area contributed by atoms with Crippen LogP contribution in [0.25, 0.3) is 110 Å². The summed E-state index contributed by atoms with van der Waals surface area (Å²) in [6.45, 7) is 0. The van der Waals surface area contributed by atoms with Crippen LogP contribution in [0, 0.1) is 0 Å². The number of nitrogens with zero attached hydrogens (tertiary/aromatic N) is 2. The van der Waals surface area contributed by atoms with Gasteiger partial charge in [0.2, 0.25) is 0 Å². The first kappa shape index (κ1) is 27.2. The van der Waals surface area contributed by atoms with Gasteiger partial charge in [-0.1, -0.05) is 115 Å². The second kappa shape index (κ2) is 10.4. The lowest BCUT2D eigenvalue weighted by Gasteiger charge is -2.13. The standard InChI is InChI=1S/C46H26N2O2/c1-2-10-27(11-3-1)43-45-44(36-15-7-9-17-41(36)50-45)48-46(47-43)30-19-22-33-31-12-4-5-13-32(31)37-24-28(18-21-34(37)38(33)26-30)29-20-23-42-39(25-29)35-14-6-8-16-40(35)49-42/h1-26H. The van der Waals surface area contributed by atoms with Crippen LogP contribution in [0.15, 0.2) is 167 Å². The molecule has 0 N–H and O–H groups in total. The van der Waals surface area contributed by atoms with Gasteiger partial charge in [0.1, 0.15) is 28.0 Å². The third-order valence-corrected chi connectivity index (χ3v) is 10.1. The number of benzene rings is 8. The predicted molar refractivity (Wildman–Crippen MR) is 205 cm³/mol. The van der Waals surface area contributed by atoms with E-state index in [4.69, 9.17) is 18.8 Å². The molecule has 0 radical (unpaired) electrons. The van der Waals surface area contributed by atoms with Gasteiger partial charge in [0.25, 0.3) is 0 Å². The van der Waals surface area contributed by atoms with Gasteiger partial charge in [0, 0.05) is 27.3 Å². The number of rotatable bonds is 3. The van der Waals surface area contributed by atoms with Gasteiger partial charge in [-0.25, -0.2) is 9.97 Å². The summed E-state index contributed by atoms with van der Waals surface area (Å²) < 4.78 is 12.5.